The molecule has 0 nitrogen and oxygen atoms in total. The lowest BCUT2D eigenvalue weighted by Gasteiger charge is -2.10. The second kappa shape index (κ2) is 6.24. The maximum absolute atomic E-state index is 12.5. The number of rotatable bonds is 1. The SMILES string of the molecule is Cc1cc(C#CCCl)ccc1-c1ccc(C(F)(F)F)cc1. The number of alkyl halides is 4. The van der Waals surface area contributed by atoms with E-state index < -0.39 is 11.7 Å². The lowest BCUT2D eigenvalue weighted by molar-refractivity contribution is -0.137. The zero-order valence-electron chi connectivity index (χ0n) is 11.3. The third-order valence-corrected chi connectivity index (χ3v) is 3.18. The Morgan fingerprint density at radius 3 is 2.24 bits per heavy atom. The Kier molecular flexibility index (Phi) is 4.59. The van der Waals surface area contributed by atoms with Gasteiger partial charge >= 0.3 is 6.18 Å². The normalized spacial score (nSPS) is 10.9. The number of hydrogen-bond donors (Lipinski definition) is 0. The second-order valence-corrected chi connectivity index (χ2v) is 4.81. The van der Waals surface area contributed by atoms with Crippen molar-refractivity contribution in [3.05, 3.63) is 59.2 Å². The number of aryl methyl sites for hydroxylation is 1. The minimum atomic E-state index is -4.31. The van der Waals surface area contributed by atoms with Gasteiger partial charge in [-0.15, -0.1) is 11.6 Å². The van der Waals surface area contributed by atoms with Crippen LogP contribution < -0.4 is 0 Å². The average molecular weight is 309 g/mol. The second-order valence-electron chi connectivity index (χ2n) is 4.54. The Bertz CT molecular complexity index is 689. The summed E-state index contributed by atoms with van der Waals surface area (Å²) in [6.45, 7) is 1.90. The zero-order chi connectivity index (χ0) is 15.5. The van der Waals surface area contributed by atoms with Crippen LogP contribution in [0.4, 0.5) is 13.2 Å². The van der Waals surface area contributed by atoms with Crippen molar-refractivity contribution >= 4 is 11.6 Å². The molecular formula is C17H12ClF3. The van der Waals surface area contributed by atoms with E-state index in [-0.39, 0.29) is 5.88 Å². The quantitative estimate of drug-likeness (QED) is 0.497. The van der Waals surface area contributed by atoms with Crippen molar-refractivity contribution in [2.45, 2.75) is 13.1 Å². The highest BCUT2D eigenvalue weighted by Gasteiger charge is 2.29. The standard InChI is InChI=1S/C17H12ClF3/c1-12-11-13(3-2-10-18)4-9-16(12)14-5-7-15(8-6-14)17(19,20)21/h4-9,11H,10H2,1H3. The van der Waals surface area contributed by atoms with Gasteiger partial charge in [0.25, 0.3) is 0 Å². The van der Waals surface area contributed by atoms with E-state index in [1.165, 1.54) is 12.1 Å². The molecule has 0 saturated heterocycles. The van der Waals surface area contributed by atoms with Crippen LogP contribution in [0.25, 0.3) is 11.1 Å². The van der Waals surface area contributed by atoms with Gasteiger partial charge in [-0.25, -0.2) is 0 Å². The monoisotopic (exact) mass is 308 g/mol. The van der Waals surface area contributed by atoms with Crippen LogP contribution in [-0.4, -0.2) is 5.88 Å². The maximum atomic E-state index is 12.5. The van der Waals surface area contributed by atoms with Crippen molar-refractivity contribution in [2.75, 3.05) is 5.88 Å². The molecule has 0 unspecified atom stereocenters. The molecule has 0 saturated carbocycles. The molecule has 0 heterocycles. The molecule has 2 aromatic carbocycles. The molecule has 0 spiro atoms. The highest BCUT2D eigenvalue weighted by atomic mass is 35.5. The molecule has 0 aliphatic heterocycles. The van der Waals surface area contributed by atoms with Gasteiger partial charge in [-0.3, -0.25) is 0 Å². The summed E-state index contributed by atoms with van der Waals surface area (Å²) in [7, 11) is 0. The first-order valence-electron chi connectivity index (χ1n) is 6.25. The van der Waals surface area contributed by atoms with Gasteiger partial charge in [0.1, 0.15) is 0 Å². The molecule has 0 amide bonds. The highest BCUT2D eigenvalue weighted by molar-refractivity contribution is 6.19. The minimum absolute atomic E-state index is 0.264. The third kappa shape index (κ3) is 3.80. The summed E-state index contributed by atoms with van der Waals surface area (Å²) in [6.07, 6.45) is -4.31. The third-order valence-electron chi connectivity index (χ3n) is 3.05. The van der Waals surface area contributed by atoms with E-state index in [2.05, 4.69) is 11.8 Å². The van der Waals surface area contributed by atoms with E-state index in [9.17, 15) is 13.2 Å². The van der Waals surface area contributed by atoms with Gasteiger partial charge < -0.3 is 0 Å². The molecule has 0 aliphatic carbocycles. The topological polar surface area (TPSA) is 0 Å². The van der Waals surface area contributed by atoms with E-state index in [0.717, 1.165) is 34.4 Å². The summed E-state index contributed by atoms with van der Waals surface area (Å²) in [4.78, 5) is 0. The first-order valence-corrected chi connectivity index (χ1v) is 6.78. The lowest BCUT2D eigenvalue weighted by atomic mass is 9.97. The molecule has 21 heavy (non-hydrogen) atoms. The molecule has 0 bridgehead atoms. The van der Waals surface area contributed by atoms with Crippen molar-refractivity contribution in [3.63, 3.8) is 0 Å². The van der Waals surface area contributed by atoms with Gasteiger partial charge in [0, 0.05) is 5.56 Å². The van der Waals surface area contributed by atoms with Crippen LogP contribution in [0.1, 0.15) is 16.7 Å². The van der Waals surface area contributed by atoms with E-state index in [1.807, 2.05) is 25.1 Å². The number of hydrogen-bond acceptors (Lipinski definition) is 0. The average Bonchev–Trinajstić information content (AvgIpc) is 2.44. The molecule has 2 rings (SSSR count). The van der Waals surface area contributed by atoms with Crippen LogP contribution in [0.15, 0.2) is 42.5 Å². The summed E-state index contributed by atoms with van der Waals surface area (Å²) in [5.41, 5.74) is 2.78. The van der Waals surface area contributed by atoms with Gasteiger partial charge in [0.15, 0.2) is 0 Å². The van der Waals surface area contributed by atoms with Gasteiger partial charge in [-0.1, -0.05) is 30.0 Å². The minimum Gasteiger partial charge on any atom is -0.166 e. The fourth-order valence-corrected chi connectivity index (χ4v) is 2.11. The van der Waals surface area contributed by atoms with Gasteiger partial charge in [0.2, 0.25) is 0 Å². The summed E-state index contributed by atoms with van der Waals surface area (Å²) in [6, 6.07) is 10.7. The molecule has 2 aromatic rings. The van der Waals surface area contributed by atoms with Crippen molar-refractivity contribution in [1.82, 2.24) is 0 Å². The smallest absolute Gasteiger partial charge is 0.166 e. The molecule has 0 aliphatic rings. The maximum Gasteiger partial charge on any atom is 0.416 e. The highest BCUT2D eigenvalue weighted by Crippen LogP contribution is 2.31. The molecule has 0 radical (unpaired) electrons. The Morgan fingerprint density at radius 2 is 1.71 bits per heavy atom. The predicted molar refractivity (Wildman–Crippen MR) is 79.2 cm³/mol. The Labute approximate surface area is 126 Å². The van der Waals surface area contributed by atoms with Gasteiger partial charge in [0.05, 0.1) is 11.4 Å². The number of benzene rings is 2. The fraction of sp³-hybridized carbons (Fsp3) is 0.176. The molecule has 108 valence electrons. The van der Waals surface area contributed by atoms with Crippen LogP contribution in [0.3, 0.4) is 0 Å². The first kappa shape index (κ1) is 15.5. The zero-order valence-corrected chi connectivity index (χ0v) is 12.0. The van der Waals surface area contributed by atoms with Crippen LogP contribution in [0.5, 0.6) is 0 Å². The summed E-state index contributed by atoms with van der Waals surface area (Å²) in [5.74, 6) is 5.94. The molecule has 0 atom stereocenters. The van der Waals surface area contributed by atoms with Gasteiger partial charge in [-0.2, -0.15) is 13.2 Å². The molecule has 0 aromatic heterocycles. The molecule has 0 fully saturated rings. The van der Waals surface area contributed by atoms with E-state index in [4.69, 9.17) is 11.6 Å². The fourth-order valence-electron chi connectivity index (χ4n) is 2.04. The van der Waals surface area contributed by atoms with Crippen LogP contribution in [-0.2, 0) is 6.18 Å². The van der Waals surface area contributed by atoms with E-state index in [1.54, 1.807) is 0 Å². The van der Waals surface area contributed by atoms with E-state index in [0.29, 0.717) is 0 Å². The van der Waals surface area contributed by atoms with Crippen molar-refractivity contribution < 1.29 is 13.2 Å². The van der Waals surface area contributed by atoms with Crippen molar-refractivity contribution in [1.29, 1.82) is 0 Å². The first-order chi connectivity index (χ1) is 9.91. The van der Waals surface area contributed by atoms with Crippen LogP contribution in [0.2, 0.25) is 0 Å². The number of halogens is 4. The van der Waals surface area contributed by atoms with Crippen LogP contribution >= 0.6 is 11.6 Å². The lowest BCUT2D eigenvalue weighted by Crippen LogP contribution is -2.04. The van der Waals surface area contributed by atoms with Crippen LogP contribution in [0, 0.1) is 18.8 Å². The summed E-state index contributed by atoms with van der Waals surface area (Å²) >= 11 is 5.50. The molecule has 0 N–H and O–H groups in total. The Morgan fingerprint density at radius 1 is 1.05 bits per heavy atom. The van der Waals surface area contributed by atoms with Gasteiger partial charge in [-0.05, 0) is 47.9 Å². The molecule has 4 heteroatoms. The summed E-state index contributed by atoms with van der Waals surface area (Å²) in [5, 5.41) is 0. The summed E-state index contributed by atoms with van der Waals surface area (Å²) < 4.78 is 37.6. The van der Waals surface area contributed by atoms with E-state index >= 15 is 0 Å². The Hall–Kier alpha value is -1.92. The van der Waals surface area contributed by atoms with Crippen molar-refractivity contribution in [3.8, 4) is 23.0 Å². The predicted octanol–water partition coefficient (Wildman–Crippen LogP) is 5.27. The largest absolute Gasteiger partial charge is 0.416 e. The Balaban J connectivity index is 2.34. The molecular weight excluding hydrogens is 297 g/mol. The van der Waals surface area contributed by atoms with Crippen molar-refractivity contribution in [2.24, 2.45) is 0 Å².